The molecule has 1 unspecified atom stereocenters. The highest BCUT2D eigenvalue weighted by Crippen LogP contribution is 2.72. The van der Waals surface area contributed by atoms with E-state index in [1.807, 2.05) is 0 Å². The molecule has 0 aromatic carbocycles. The van der Waals surface area contributed by atoms with Crippen LogP contribution in [0.15, 0.2) is 0 Å². The first-order valence-corrected chi connectivity index (χ1v) is 19.8. The van der Waals surface area contributed by atoms with E-state index in [1.54, 1.807) is 0 Å². The predicted molar refractivity (Wildman–Crippen MR) is 188 cm³/mol. The van der Waals surface area contributed by atoms with Gasteiger partial charge in [-0.2, -0.15) is 0 Å². The number of nitrogens with one attached hydrogen (secondary N) is 1. The Kier molecular flexibility index (Phi) is 12.3. The number of hydrogen-bond donors (Lipinski definition) is 11. The minimum Gasteiger partial charge on any atom is -0.480 e. The van der Waals surface area contributed by atoms with Crippen molar-refractivity contribution in [2.45, 2.75) is 146 Å². The second-order valence-corrected chi connectivity index (χ2v) is 18.1. The lowest BCUT2D eigenvalue weighted by Gasteiger charge is -2.67. The lowest BCUT2D eigenvalue weighted by molar-refractivity contribution is -0.287. The molecule has 2 heterocycles. The number of aliphatic hydroxyl groups excluding tert-OH is 8. The zero-order valence-electron chi connectivity index (χ0n) is 31.2. The van der Waals surface area contributed by atoms with Crippen molar-refractivity contribution < 1.29 is 65.0 Å². The highest BCUT2D eigenvalue weighted by Gasteiger charge is 2.69. The van der Waals surface area contributed by atoms with Gasteiger partial charge < -0.3 is 66.5 Å². The molecule has 304 valence electrons. The van der Waals surface area contributed by atoms with Crippen molar-refractivity contribution in [1.82, 2.24) is 5.32 Å². The third-order valence-electron chi connectivity index (χ3n) is 15.7. The average molecular weight is 757 g/mol. The van der Waals surface area contributed by atoms with E-state index in [2.05, 4.69) is 26.1 Å². The van der Waals surface area contributed by atoms with Gasteiger partial charge in [0.2, 0.25) is 5.91 Å². The second kappa shape index (κ2) is 15.8. The Labute approximate surface area is 311 Å². The third kappa shape index (κ3) is 7.08. The van der Waals surface area contributed by atoms with E-state index in [0.717, 1.165) is 32.1 Å². The summed E-state index contributed by atoms with van der Waals surface area (Å²) >= 11 is 0. The minimum atomic E-state index is -1.55. The number of fused-ring (bicyclic) bond motifs is 5. The molecule has 4 aliphatic carbocycles. The van der Waals surface area contributed by atoms with E-state index < -0.39 is 92.2 Å². The molecule has 0 aromatic rings. The Bertz CT molecular complexity index is 1310. The molecule has 0 spiro atoms. The first-order valence-electron chi connectivity index (χ1n) is 19.8. The van der Waals surface area contributed by atoms with Crippen LogP contribution in [0, 0.1) is 58.2 Å². The summed E-state index contributed by atoms with van der Waals surface area (Å²) in [6, 6.07) is -0.0143. The van der Waals surface area contributed by atoms with Crippen molar-refractivity contribution in [3.8, 4) is 0 Å². The maximum atomic E-state index is 12.6. The molecule has 6 fully saturated rings. The highest BCUT2D eigenvalue weighted by molar-refractivity contribution is 5.81. The first kappa shape index (κ1) is 41.1. The third-order valence-corrected chi connectivity index (χ3v) is 15.7. The monoisotopic (exact) mass is 756 g/mol. The van der Waals surface area contributed by atoms with Gasteiger partial charge in [0, 0.05) is 12.5 Å². The summed E-state index contributed by atoms with van der Waals surface area (Å²) in [5.41, 5.74) is 5.80. The van der Waals surface area contributed by atoms with Gasteiger partial charge in [-0.1, -0.05) is 20.8 Å². The van der Waals surface area contributed by atoms with Crippen LogP contribution in [0.1, 0.15) is 78.6 Å². The van der Waals surface area contributed by atoms with Crippen LogP contribution in [0.25, 0.3) is 0 Å². The Morgan fingerprint density at radius 1 is 0.792 bits per heavy atom. The maximum Gasteiger partial charge on any atom is 0.322 e. The van der Waals surface area contributed by atoms with E-state index in [0.29, 0.717) is 19.3 Å². The van der Waals surface area contributed by atoms with Gasteiger partial charge in [-0.05, 0) is 110 Å². The number of carboxylic acids is 1. The number of aliphatic hydroxyl groups is 8. The van der Waals surface area contributed by atoms with E-state index >= 15 is 0 Å². The highest BCUT2D eigenvalue weighted by atomic mass is 16.6. The number of rotatable bonds is 10. The summed E-state index contributed by atoms with van der Waals surface area (Å²) < 4.78 is 12.8. The number of ether oxygens (including phenoxy) is 2. The normalized spacial score (nSPS) is 51.8. The zero-order valence-corrected chi connectivity index (χ0v) is 31.2. The van der Waals surface area contributed by atoms with Gasteiger partial charge in [-0.3, -0.25) is 9.59 Å². The average Bonchev–Trinajstić information content (AvgIpc) is 3.49. The number of hydrogen-bond acceptors (Lipinski definition) is 13. The SMILES string of the molecule is C[C@H](CCC(=O)NCC(=O)O)[C@H]1CC[C@H]2[C@@H]3[C@@H](C4O[C@H](CO)[C@@H](O)[C@H](O)[C@H]4O)C[C@@H]4C[C@@H](N)CC[C@]4(C)[C@H]3C[C@@H]([C@@H]3O[C@H](CO)[C@@H](O)[C@H](O)[C@H]3O)[C@]12C. The fourth-order valence-corrected chi connectivity index (χ4v) is 13.0. The first-order chi connectivity index (χ1) is 25.0. The number of nitrogens with two attached hydrogens (primary N) is 1. The molecule has 12 N–H and O–H groups in total. The molecule has 53 heavy (non-hydrogen) atoms. The Morgan fingerprint density at radius 2 is 1.40 bits per heavy atom. The molecular weight excluding hydrogens is 692 g/mol. The minimum absolute atomic E-state index is 0.00239. The molecular formula is C38H64N2O13. The summed E-state index contributed by atoms with van der Waals surface area (Å²) in [6.45, 7) is 5.02. The van der Waals surface area contributed by atoms with Crippen molar-refractivity contribution in [2.24, 2.45) is 63.9 Å². The summed E-state index contributed by atoms with van der Waals surface area (Å²) in [4.78, 5) is 23.7. The Balaban J connectivity index is 1.43. The van der Waals surface area contributed by atoms with Gasteiger partial charge in [0.05, 0.1) is 25.4 Å². The van der Waals surface area contributed by atoms with Crippen LogP contribution in [0.2, 0.25) is 0 Å². The largest absolute Gasteiger partial charge is 0.480 e. The molecule has 4 saturated carbocycles. The van der Waals surface area contributed by atoms with Crippen LogP contribution < -0.4 is 11.1 Å². The number of amides is 1. The summed E-state index contributed by atoms with van der Waals surface area (Å²) in [5, 5.41) is 98.7. The quantitative estimate of drug-likeness (QED) is 0.124. The molecule has 0 bridgehead atoms. The van der Waals surface area contributed by atoms with Crippen LogP contribution in [0.4, 0.5) is 0 Å². The summed E-state index contributed by atoms with van der Waals surface area (Å²) in [7, 11) is 0. The standard InChI is InChI=1S/C38H64N2O13/c1-16(4-7-26(43)40-13-27(44)45)20-5-6-21-28-19(35-33(50)31(48)29(46)24(14-41)52-35)11-17-10-18(39)8-9-37(17,2)22(28)12-23(38(20,21)3)36-34(51)32(49)30(47)25(15-42)53-36/h16-25,28-36,41-42,46-51H,4-15,39H2,1-3H3,(H,40,43)(H,44,45)/t16-,17+,18+,19+,20-,21+,22+,23+,24-,25-,28+,29-,30-,31+,32+,33-,34-,35?,36+,37+,38-/m1/s1. The summed E-state index contributed by atoms with van der Waals surface area (Å²) in [5.74, 6) is -2.17. The molecule has 6 aliphatic rings. The smallest absolute Gasteiger partial charge is 0.322 e. The topological polar surface area (TPSA) is 273 Å². The lowest BCUT2D eigenvalue weighted by Crippen LogP contribution is -2.69. The van der Waals surface area contributed by atoms with Gasteiger partial charge in [0.1, 0.15) is 55.4 Å². The molecule has 6 rings (SSSR count). The summed E-state index contributed by atoms with van der Waals surface area (Å²) in [6.07, 6.45) is -7.11. The van der Waals surface area contributed by atoms with Crippen LogP contribution in [-0.4, -0.2) is 145 Å². The molecule has 15 nitrogen and oxygen atoms in total. The molecule has 2 aliphatic heterocycles. The van der Waals surface area contributed by atoms with Crippen molar-refractivity contribution in [2.75, 3.05) is 19.8 Å². The van der Waals surface area contributed by atoms with E-state index in [1.165, 1.54) is 0 Å². The predicted octanol–water partition coefficient (Wildman–Crippen LogP) is -1.27. The fraction of sp³-hybridized carbons (Fsp3) is 0.947. The fourth-order valence-electron chi connectivity index (χ4n) is 13.0. The molecule has 0 radical (unpaired) electrons. The van der Waals surface area contributed by atoms with Crippen LogP contribution in [0.5, 0.6) is 0 Å². The molecule has 21 atom stereocenters. The Hall–Kier alpha value is -1.50. The van der Waals surface area contributed by atoms with Gasteiger partial charge >= 0.3 is 5.97 Å². The van der Waals surface area contributed by atoms with Gasteiger partial charge in [-0.25, -0.2) is 0 Å². The van der Waals surface area contributed by atoms with Crippen molar-refractivity contribution in [1.29, 1.82) is 0 Å². The lowest BCUT2D eigenvalue weighted by atomic mass is 9.39. The Morgan fingerprint density at radius 3 is 2.00 bits per heavy atom. The molecule has 1 amide bonds. The van der Waals surface area contributed by atoms with Gasteiger partial charge in [0.15, 0.2) is 0 Å². The van der Waals surface area contributed by atoms with Crippen molar-refractivity contribution in [3.63, 3.8) is 0 Å². The zero-order chi connectivity index (χ0) is 38.7. The van der Waals surface area contributed by atoms with Gasteiger partial charge in [0.25, 0.3) is 0 Å². The van der Waals surface area contributed by atoms with E-state index in [-0.39, 0.29) is 71.1 Å². The van der Waals surface area contributed by atoms with E-state index in [9.17, 15) is 50.4 Å². The number of carbonyl (C=O) groups excluding carboxylic acids is 1. The van der Waals surface area contributed by atoms with Crippen molar-refractivity contribution in [3.05, 3.63) is 0 Å². The van der Waals surface area contributed by atoms with E-state index in [4.69, 9.17) is 20.3 Å². The molecule has 0 aromatic heterocycles. The molecule has 2 saturated heterocycles. The second-order valence-electron chi connectivity index (χ2n) is 18.1. The maximum absolute atomic E-state index is 12.6. The molecule has 15 heteroatoms. The number of carbonyl (C=O) groups is 2. The number of carboxylic acid groups (broad SMARTS) is 1. The van der Waals surface area contributed by atoms with Crippen molar-refractivity contribution >= 4 is 11.9 Å². The van der Waals surface area contributed by atoms with Crippen LogP contribution in [0.3, 0.4) is 0 Å². The number of aliphatic carboxylic acids is 1. The van der Waals surface area contributed by atoms with Crippen LogP contribution in [-0.2, 0) is 19.1 Å². The van der Waals surface area contributed by atoms with Gasteiger partial charge in [-0.15, -0.1) is 0 Å². The van der Waals surface area contributed by atoms with Crippen LogP contribution >= 0.6 is 0 Å².